The quantitative estimate of drug-likeness (QED) is 0.0587. The number of hydrogen-bond acceptors (Lipinski definition) is 12. The highest BCUT2D eigenvalue weighted by molar-refractivity contribution is 7.07. The summed E-state index contributed by atoms with van der Waals surface area (Å²) < 4.78 is 72.2. The fourth-order valence-corrected chi connectivity index (χ4v) is 23.7. The lowest BCUT2D eigenvalue weighted by Crippen LogP contribution is -2.41. The van der Waals surface area contributed by atoms with Crippen molar-refractivity contribution >= 4 is 207 Å². The fraction of sp³-hybridized carbons (Fsp3) is 0.304. The van der Waals surface area contributed by atoms with Crippen LogP contribution in [0, 0.1) is 0 Å². The molecule has 0 radical (unpaired) electrons. The Kier molecular flexibility index (Phi) is 24.6. The van der Waals surface area contributed by atoms with Crippen LogP contribution in [0.3, 0.4) is 0 Å². The van der Waals surface area contributed by atoms with Crippen molar-refractivity contribution in [3.8, 4) is 11.1 Å². The van der Waals surface area contributed by atoms with E-state index in [0.29, 0.717) is 0 Å². The summed E-state index contributed by atoms with van der Waals surface area (Å²) in [6, 6.07) is 96.0. The monoisotopic (exact) mass is 1790 g/mol. The summed E-state index contributed by atoms with van der Waals surface area (Å²) >= 11 is 0. The second kappa shape index (κ2) is 35.1. The standard InChI is InChI=1S/C26H29BO2.C25H31BO2Si.C22H21BO2.C22H23BO2.C20H20B2O4/c1-24(2,3)19-14-17-9-8-16-11-13-21(27-28-25(4,5)26(6,7)29-27)20-12-10-18(15-19)22(17)23(16)20;1-8-11-21-20-12-9-10-13-22(20)29(6,7)23(21)18-14-16-19(17-15-18)26-27-24(2,3)25(4,5)28-26;1-21(2)22(3,4)25-23(24-21)18-13-11-16-9-8-14-6-5-7-15-10-12-17(18)20(16)19(14)15;1-21(2)22(3,4)25-23(24-21)20-13-11-17(12-14-20)19-10-9-16-7-5-6-8-18(16)15-19;1-23-21(24-2)17-11-7-13-6-10-16-18(22(25-3)26-4)12-8-14-5-9-15(17)19(13)20(14)16/h8-15H,1-7H3;8-10,12-17H,1,11H2,2-7H3;5-13H,1-4H3;5-15H,1-4H3;5-12H,1-4H3. The molecule has 5 heterocycles. The molecule has 17 aromatic rings. The molecule has 5 aliphatic heterocycles. The molecule has 0 atom stereocenters. The maximum atomic E-state index is 6.38. The minimum atomic E-state index is -1.76. The van der Waals surface area contributed by atoms with E-state index in [-0.39, 0.29) is 78.7 Å². The summed E-state index contributed by atoms with van der Waals surface area (Å²) in [4.78, 5) is 0. The lowest BCUT2D eigenvalue weighted by atomic mass is 9.72. The Bertz CT molecular complexity index is 7150. The normalized spacial score (nSPS) is 18.1. The van der Waals surface area contributed by atoms with Gasteiger partial charge < -0.3 is 55.9 Å². The Hall–Kier alpha value is -10.3. The molecule has 17 aromatic carbocycles. The Balaban J connectivity index is 0.000000112. The first-order valence-corrected chi connectivity index (χ1v) is 50.3. The lowest BCUT2D eigenvalue weighted by Gasteiger charge is -2.32. The average Bonchev–Trinajstić information content (AvgIpc) is 1.53. The molecule has 0 spiro atoms. The average molecular weight is 1790 g/mol. The Labute approximate surface area is 794 Å². The molecule has 678 valence electrons. The molecule has 5 aliphatic rings. The van der Waals surface area contributed by atoms with E-state index in [1.54, 1.807) is 28.4 Å². The van der Waals surface area contributed by atoms with Crippen molar-refractivity contribution in [3.63, 3.8) is 0 Å². The first kappa shape index (κ1) is 94.1. The summed E-state index contributed by atoms with van der Waals surface area (Å²) in [6.45, 7) is 49.3. The highest BCUT2D eigenvalue weighted by Crippen LogP contribution is 2.47. The molecule has 12 nitrogen and oxygen atoms in total. The van der Waals surface area contributed by atoms with Gasteiger partial charge >= 0.3 is 42.7 Å². The van der Waals surface area contributed by atoms with Gasteiger partial charge in [0, 0.05) is 28.4 Å². The van der Waals surface area contributed by atoms with E-state index in [1.807, 2.05) is 6.08 Å². The summed E-state index contributed by atoms with van der Waals surface area (Å²) in [5.74, 6) is 0. The zero-order chi connectivity index (χ0) is 95.1. The second-order valence-electron chi connectivity index (χ2n) is 42.5. The molecule has 0 unspecified atom stereocenters. The van der Waals surface area contributed by atoms with Crippen molar-refractivity contribution in [2.75, 3.05) is 28.4 Å². The first-order chi connectivity index (χ1) is 63.5. The highest BCUT2D eigenvalue weighted by Gasteiger charge is 2.56. The molecule has 0 saturated carbocycles. The van der Waals surface area contributed by atoms with Crippen LogP contribution in [0.4, 0.5) is 0 Å². The van der Waals surface area contributed by atoms with Crippen LogP contribution in [0.25, 0.3) is 130 Å². The van der Waals surface area contributed by atoms with Crippen molar-refractivity contribution in [1.82, 2.24) is 0 Å². The number of allylic oxidation sites excluding steroid dienone is 2. The van der Waals surface area contributed by atoms with Gasteiger partial charge in [0.25, 0.3) is 0 Å². The van der Waals surface area contributed by atoms with Crippen molar-refractivity contribution in [1.29, 1.82) is 0 Å². The van der Waals surface area contributed by atoms with Crippen LogP contribution in [0.5, 0.6) is 0 Å². The van der Waals surface area contributed by atoms with Crippen LogP contribution in [-0.4, -0.2) is 124 Å². The minimum absolute atomic E-state index is 0.123. The smallest absolute Gasteiger partial charge is 0.410 e. The Morgan fingerprint density at radius 1 is 0.313 bits per heavy atom. The van der Waals surface area contributed by atoms with Crippen molar-refractivity contribution in [2.45, 2.75) is 201 Å². The third kappa shape index (κ3) is 16.7. The Morgan fingerprint density at radius 3 is 1.04 bits per heavy atom. The third-order valence-corrected chi connectivity index (χ3v) is 34.2. The van der Waals surface area contributed by atoms with Gasteiger partial charge in [0.2, 0.25) is 0 Å². The zero-order valence-corrected chi connectivity index (χ0v) is 83.8. The van der Waals surface area contributed by atoms with Gasteiger partial charge in [-0.2, -0.15) is 0 Å². The summed E-state index contributed by atoms with van der Waals surface area (Å²) in [6.07, 6.45) is 2.93. The van der Waals surface area contributed by atoms with Gasteiger partial charge in [-0.3, -0.25) is 0 Å². The lowest BCUT2D eigenvalue weighted by molar-refractivity contribution is 0.00578. The minimum Gasteiger partial charge on any atom is -0.410 e. The number of rotatable bonds is 14. The summed E-state index contributed by atoms with van der Waals surface area (Å²) in [5, 5.41) is 28.1. The maximum absolute atomic E-state index is 6.38. The first-order valence-electron chi connectivity index (χ1n) is 47.3. The predicted octanol–water partition coefficient (Wildman–Crippen LogP) is 23.4. The van der Waals surface area contributed by atoms with Gasteiger partial charge in [0.05, 0.1) is 44.8 Å². The Morgan fingerprint density at radius 2 is 0.627 bits per heavy atom. The molecular formula is C115H124B6O12Si. The van der Waals surface area contributed by atoms with Crippen molar-refractivity contribution < 1.29 is 55.9 Å². The van der Waals surface area contributed by atoms with E-state index in [0.717, 1.165) is 50.0 Å². The van der Waals surface area contributed by atoms with Gasteiger partial charge in [-0.05, 0) is 313 Å². The molecule has 134 heavy (non-hydrogen) atoms. The molecule has 22 rings (SSSR count). The highest BCUT2D eigenvalue weighted by atomic mass is 28.3. The van der Waals surface area contributed by atoms with Gasteiger partial charge in [-0.25, -0.2) is 0 Å². The van der Waals surface area contributed by atoms with Gasteiger partial charge in [-0.15, -0.1) is 6.58 Å². The van der Waals surface area contributed by atoms with E-state index in [2.05, 4.69) is 418 Å². The fourth-order valence-electron chi connectivity index (χ4n) is 20.1. The van der Waals surface area contributed by atoms with Crippen molar-refractivity contribution in [2.24, 2.45) is 0 Å². The molecule has 19 heteroatoms. The zero-order valence-electron chi connectivity index (χ0n) is 82.8. The molecule has 0 aliphatic carbocycles. The SMILES string of the molecule is C=CCC1=C(c2ccc(B3OC(C)(C)C(C)(C)O3)cc2)[Si](C)(C)c2ccccc21.CC(C)(C)c1cc2ccc3ccc(B4OC(C)(C)C(C)(C)O4)c4ccc(c1)c2c34.CC1(C)OB(c2ccc(-c3ccc4ccccc4c3)cc2)OC1(C)C.CC1(C)OB(c2ccc3ccc4cccc5ccc2c3c45)OC1(C)C.COB(OC)c1ccc2ccc3c(B(OC)OC)ccc4ccc1c2c43. The van der Waals surface area contributed by atoms with E-state index < -0.39 is 22.3 Å². The summed E-state index contributed by atoms with van der Waals surface area (Å²) in [7, 11) is 2.76. The van der Waals surface area contributed by atoms with Crippen molar-refractivity contribution in [3.05, 3.63) is 296 Å². The second-order valence-corrected chi connectivity index (χ2v) is 46.8. The maximum Gasteiger partial charge on any atom is 0.495 e. The molecule has 4 saturated heterocycles. The topological polar surface area (TPSA) is 111 Å². The van der Waals surface area contributed by atoms with Crippen LogP contribution in [0.2, 0.25) is 13.1 Å². The predicted molar refractivity (Wildman–Crippen MR) is 572 cm³/mol. The van der Waals surface area contributed by atoms with Crippen LogP contribution in [0.15, 0.2) is 280 Å². The number of hydrogen-bond donors (Lipinski definition) is 0. The molecule has 0 aromatic heterocycles. The molecule has 4 fully saturated rings. The van der Waals surface area contributed by atoms with Gasteiger partial charge in [-0.1, -0.05) is 301 Å². The van der Waals surface area contributed by atoms with Crippen LogP contribution < -0.4 is 38.0 Å². The van der Waals surface area contributed by atoms with E-state index in [4.69, 9.17) is 55.9 Å². The van der Waals surface area contributed by atoms with E-state index in [1.165, 1.54) is 141 Å². The van der Waals surface area contributed by atoms with Gasteiger partial charge in [0.15, 0.2) is 0 Å². The third-order valence-electron chi connectivity index (χ3n) is 30.6. The van der Waals surface area contributed by atoms with Gasteiger partial charge in [0.1, 0.15) is 8.07 Å². The number of benzene rings is 17. The molecular weight excluding hydrogens is 1670 g/mol. The van der Waals surface area contributed by atoms with Crippen LogP contribution in [0.1, 0.15) is 155 Å². The van der Waals surface area contributed by atoms with E-state index >= 15 is 0 Å². The largest absolute Gasteiger partial charge is 0.495 e. The molecule has 0 amide bonds. The molecule has 0 bridgehead atoms. The van der Waals surface area contributed by atoms with Crippen LogP contribution in [-0.2, 0) is 61.3 Å². The summed E-state index contributed by atoms with van der Waals surface area (Å²) in [5.41, 5.74) is 11.9. The molecule has 0 N–H and O–H groups in total. The van der Waals surface area contributed by atoms with E-state index in [9.17, 15) is 0 Å². The number of fused-ring (bicyclic) bond motifs is 2. The van der Waals surface area contributed by atoms with Crippen LogP contribution >= 0.6 is 0 Å².